The van der Waals surface area contributed by atoms with Gasteiger partial charge in [0.05, 0.1) is 0 Å². The third kappa shape index (κ3) is 5.75. The maximum atomic E-state index is 12.3. The Balaban J connectivity index is 2.68. The second-order valence-corrected chi connectivity index (χ2v) is 6.21. The number of benzene rings is 1. The van der Waals surface area contributed by atoms with E-state index in [-0.39, 0.29) is 12.3 Å². The van der Waals surface area contributed by atoms with Crippen LogP contribution in [-0.4, -0.2) is 24.1 Å². The van der Waals surface area contributed by atoms with Crippen molar-refractivity contribution in [1.82, 2.24) is 0 Å². The minimum Gasteiger partial charge on any atom is -0.444 e. The number of halogens is 1. The molecule has 0 aromatic heterocycles. The van der Waals surface area contributed by atoms with Crippen molar-refractivity contribution >= 4 is 33.6 Å². The van der Waals surface area contributed by atoms with Crippen LogP contribution in [0.2, 0.25) is 0 Å². The van der Waals surface area contributed by atoms with Gasteiger partial charge in [0.25, 0.3) is 0 Å². The van der Waals surface area contributed by atoms with Crippen molar-refractivity contribution in [1.29, 1.82) is 0 Å². The zero-order valence-electron chi connectivity index (χ0n) is 12.6. The molecule has 0 unspecified atom stereocenters. The number of rotatable bonds is 6. The Morgan fingerprint density at radius 2 is 1.86 bits per heavy atom. The Morgan fingerprint density at radius 1 is 1.29 bits per heavy atom. The van der Waals surface area contributed by atoms with Gasteiger partial charge in [0.2, 0.25) is 5.91 Å². The van der Waals surface area contributed by atoms with Crippen LogP contribution < -0.4 is 10.6 Å². The number of primary amides is 1. The quantitative estimate of drug-likeness (QED) is 0.848. The molecule has 2 amide bonds. The van der Waals surface area contributed by atoms with Gasteiger partial charge < -0.3 is 15.4 Å². The molecule has 5 nitrogen and oxygen atoms in total. The van der Waals surface area contributed by atoms with Crippen molar-refractivity contribution in [2.75, 3.05) is 11.4 Å². The number of hydrogen-bond donors (Lipinski definition) is 1. The lowest BCUT2D eigenvalue weighted by Crippen LogP contribution is -2.35. The largest absolute Gasteiger partial charge is 0.444 e. The van der Waals surface area contributed by atoms with Gasteiger partial charge in [-0.2, -0.15) is 0 Å². The molecule has 2 N–H and O–H groups in total. The van der Waals surface area contributed by atoms with Gasteiger partial charge in [-0.05, 0) is 51.5 Å². The summed E-state index contributed by atoms with van der Waals surface area (Å²) in [4.78, 5) is 24.8. The summed E-state index contributed by atoms with van der Waals surface area (Å²) in [6, 6.07) is 7.56. The molecule has 0 aliphatic carbocycles. The summed E-state index contributed by atoms with van der Waals surface area (Å²) in [5.74, 6) is -0.0130. The van der Waals surface area contributed by atoms with E-state index in [1.54, 1.807) is 18.7 Å². The average Bonchev–Trinajstić information content (AvgIpc) is 2.38. The number of nitrogens with zero attached hydrogens (tertiary/aromatic N) is 1. The Bertz CT molecular complexity index is 500. The second kappa shape index (κ2) is 7.45. The second-order valence-electron chi connectivity index (χ2n) is 5.30. The van der Waals surface area contributed by atoms with Crippen LogP contribution in [0, 0.1) is 0 Å². The van der Waals surface area contributed by atoms with Gasteiger partial charge in [-0.15, -0.1) is 0 Å². The average molecular weight is 357 g/mol. The monoisotopic (exact) mass is 356 g/mol. The fourth-order valence-corrected chi connectivity index (χ4v) is 2.25. The lowest BCUT2D eigenvalue weighted by molar-refractivity contribution is -0.119. The lowest BCUT2D eigenvalue weighted by atomic mass is 10.0. The molecule has 21 heavy (non-hydrogen) atoms. The number of ether oxygens (including phenoxy) is 1. The number of amides is 2. The minimum atomic E-state index is -0.826. The fourth-order valence-electron chi connectivity index (χ4n) is 1.99. The third-order valence-electron chi connectivity index (χ3n) is 3.07. The van der Waals surface area contributed by atoms with E-state index >= 15 is 0 Å². The summed E-state index contributed by atoms with van der Waals surface area (Å²) in [7, 11) is 0. The molecule has 1 rings (SSSR count). The van der Waals surface area contributed by atoms with Crippen LogP contribution in [0.1, 0.15) is 33.6 Å². The van der Waals surface area contributed by atoms with Crippen LogP contribution >= 0.6 is 15.9 Å². The molecule has 0 fully saturated rings. The first-order valence-electron chi connectivity index (χ1n) is 6.79. The minimum absolute atomic E-state index is 0.0130. The molecule has 0 saturated carbocycles. The normalized spacial score (nSPS) is 11.0. The van der Waals surface area contributed by atoms with Crippen LogP contribution in [0.3, 0.4) is 0 Å². The van der Waals surface area contributed by atoms with Gasteiger partial charge in [0, 0.05) is 23.1 Å². The predicted molar refractivity (Wildman–Crippen MR) is 86.2 cm³/mol. The number of carbonyl (C=O) groups is 2. The molecule has 0 atom stereocenters. The summed E-state index contributed by atoms with van der Waals surface area (Å²) in [6.45, 7) is 5.98. The first-order valence-corrected chi connectivity index (χ1v) is 7.59. The van der Waals surface area contributed by atoms with E-state index in [2.05, 4.69) is 15.9 Å². The van der Waals surface area contributed by atoms with E-state index in [0.29, 0.717) is 13.0 Å². The van der Waals surface area contributed by atoms with Gasteiger partial charge in [0.1, 0.15) is 5.60 Å². The maximum Gasteiger partial charge on any atom is 0.405 e. The Hall–Kier alpha value is -1.56. The first-order chi connectivity index (χ1) is 9.75. The van der Waals surface area contributed by atoms with Crippen LogP contribution in [0.25, 0.3) is 0 Å². The molecule has 0 radical (unpaired) electrons. The van der Waals surface area contributed by atoms with Gasteiger partial charge in [-0.25, -0.2) is 4.79 Å². The zero-order chi connectivity index (χ0) is 16.0. The Kier molecular flexibility index (Phi) is 6.20. The fraction of sp³-hybridized carbons (Fsp3) is 0.467. The van der Waals surface area contributed by atoms with Crippen LogP contribution in [0.4, 0.5) is 10.5 Å². The molecular formula is C15H21BrN2O3. The van der Waals surface area contributed by atoms with Gasteiger partial charge in [-0.3, -0.25) is 4.79 Å². The van der Waals surface area contributed by atoms with Crippen molar-refractivity contribution in [2.24, 2.45) is 5.73 Å². The Morgan fingerprint density at radius 3 is 2.33 bits per heavy atom. The van der Waals surface area contributed by atoms with Crippen LogP contribution in [0.15, 0.2) is 28.7 Å². The summed E-state index contributed by atoms with van der Waals surface area (Å²) in [6.07, 6.45) is -0.126. The van der Waals surface area contributed by atoms with Crippen molar-refractivity contribution in [3.8, 4) is 0 Å². The summed E-state index contributed by atoms with van der Waals surface area (Å²) in [5, 5.41) is 0. The number of anilines is 1. The topological polar surface area (TPSA) is 72.6 Å². The highest BCUT2D eigenvalue weighted by atomic mass is 79.9. The predicted octanol–water partition coefficient (Wildman–Crippen LogP) is 3.46. The Labute approximate surface area is 133 Å². The molecule has 6 heteroatoms. The van der Waals surface area contributed by atoms with E-state index in [1.165, 1.54) is 0 Å². The highest BCUT2D eigenvalue weighted by Crippen LogP contribution is 2.22. The smallest absolute Gasteiger partial charge is 0.405 e. The first kappa shape index (κ1) is 17.5. The molecule has 0 bridgehead atoms. The van der Waals surface area contributed by atoms with Gasteiger partial charge in [0.15, 0.2) is 0 Å². The molecule has 1 aromatic rings. The number of nitrogens with two attached hydrogens (primary N) is 1. The highest BCUT2D eigenvalue weighted by molar-refractivity contribution is 9.10. The third-order valence-corrected chi connectivity index (χ3v) is 3.60. The summed E-state index contributed by atoms with van der Waals surface area (Å²) >= 11 is 3.37. The SMILES string of the molecule is CCN(C(=O)CCC(C)(C)OC(N)=O)c1ccc(Br)cc1. The van der Waals surface area contributed by atoms with E-state index in [1.807, 2.05) is 31.2 Å². The maximum absolute atomic E-state index is 12.3. The van der Waals surface area contributed by atoms with E-state index < -0.39 is 11.7 Å². The highest BCUT2D eigenvalue weighted by Gasteiger charge is 2.24. The zero-order valence-corrected chi connectivity index (χ0v) is 14.1. The van der Waals surface area contributed by atoms with E-state index in [4.69, 9.17) is 10.5 Å². The van der Waals surface area contributed by atoms with Crippen molar-refractivity contribution in [3.63, 3.8) is 0 Å². The van der Waals surface area contributed by atoms with Crippen molar-refractivity contribution < 1.29 is 14.3 Å². The molecule has 0 aliphatic heterocycles. The van der Waals surface area contributed by atoms with Crippen molar-refractivity contribution in [3.05, 3.63) is 28.7 Å². The molecule has 1 aromatic carbocycles. The molecular weight excluding hydrogens is 336 g/mol. The number of carbonyl (C=O) groups excluding carboxylic acids is 2. The van der Waals surface area contributed by atoms with Crippen molar-refractivity contribution in [2.45, 2.75) is 39.2 Å². The molecule has 0 aliphatic rings. The van der Waals surface area contributed by atoms with E-state index in [0.717, 1.165) is 10.2 Å². The summed E-state index contributed by atoms with van der Waals surface area (Å²) in [5.41, 5.74) is 5.11. The van der Waals surface area contributed by atoms with Gasteiger partial charge >= 0.3 is 6.09 Å². The molecule has 0 heterocycles. The molecule has 0 saturated heterocycles. The standard InChI is InChI=1S/C15H21BrN2O3/c1-4-18(12-7-5-11(16)6-8-12)13(19)9-10-15(2,3)21-14(17)20/h5-8H,4,9-10H2,1-3H3,(H2,17,20). The van der Waals surface area contributed by atoms with Crippen LogP contribution in [0.5, 0.6) is 0 Å². The molecule has 116 valence electrons. The van der Waals surface area contributed by atoms with E-state index in [9.17, 15) is 9.59 Å². The lowest BCUT2D eigenvalue weighted by Gasteiger charge is -2.26. The number of hydrogen-bond acceptors (Lipinski definition) is 3. The summed E-state index contributed by atoms with van der Waals surface area (Å²) < 4.78 is 5.95. The van der Waals surface area contributed by atoms with Crippen LogP contribution in [-0.2, 0) is 9.53 Å². The van der Waals surface area contributed by atoms with Gasteiger partial charge in [-0.1, -0.05) is 15.9 Å². The molecule has 0 spiro atoms.